The molecule has 0 fully saturated rings. The molecule has 0 spiro atoms. The maximum atomic E-state index is 12.0. The number of hydrogen-bond donors (Lipinski definition) is 3. The van der Waals surface area contributed by atoms with Crippen molar-refractivity contribution in [2.24, 2.45) is 0 Å². The number of aromatic hydroxyl groups is 1. The second-order valence-electron chi connectivity index (χ2n) is 4.06. The van der Waals surface area contributed by atoms with Crippen LogP contribution in [0.2, 0.25) is 0 Å². The molecule has 19 heavy (non-hydrogen) atoms. The summed E-state index contributed by atoms with van der Waals surface area (Å²) >= 11 is 3.28. The monoisotopic (exact) mass is 321 g/mol. The number of nitrogens with zero attached hydrogens (tertiary/aromatic N) is 1. The van der Waals surface area contributed by atoms with Crippen molar-refractivity contribution in [1.29, 1.82) is 0 Å². The normalized spacial score (nSPS) is 10.2. The number of aromatic nitrogens is 1. The van der Waals surface area contributed by atoms with Gasteiger partial charge in [-0.25, -0.2) is 4.98 Å². The number of pyridine rings is 1. The average Bonchev–Trinajstić information content (AvgIpc) is 2.36. The van der Waals surface area contributed by atoms with Crippen molar-refractivity contribution < 1.29 is 9.90 Å². The van der Waals surface area contributed by atoms with E-state index in [1.165, 1.54) is 24.4 Å². The minimum atomic E-state index is -0.392. The number of halogens is 1. The van der Waals surface area contributed by atoms with Crippen molar-refractivity contribution in [3.8, 4) is 5.75 Å². The van der Waals surface area contributed by atoms with Crippen LogP contribution in [0, 0.1) is 6.92 Å². The minimum Gasteiger partial charge on any atom is -0.508 e. The Balaban J connectivity index is 2.25. The van der Waals surface area contributed by atoms with Crippen LogP contribution in [0.15, 0.2) is 35.1 Å². The van der Waals surface area contributed by atoms with Crippen LogP contribution >= 0.6 is 15.9 Å². The zero-order chi connectivity index (χ0) is 14.0. The van der Waals surface area contributed by atoms with Crippen LogP contribution in [0.4, 0.5) is 11.4 Å². The second kappa shape index (κ2) is 5.27. The number of rotatable bonds is 2. The first-order chi connectivity index (χ1) is 8.97. The fraction of sp³-hybridized carbons (Fsp3) is 0.0769. The van der Waals surface area contributed by atoms with Gasteiger partial charge in [-0.05, 0) is 52.7 Å². The van der Waals surface area contributed by atoms with Crippen molar-refractivity contribution in [2.45, 2.75) is 6.92 Å². The average molecular weight is 322 g/mol. The molecule has 2 aromatic rings. The van der Waals surface area contributed by atoms with Gasteiger partial charge >= 0.3 is 0 Å². The van der Waals surface area contributed by atoms with Crippen molar-refractivity contribution in [3.05, 3.63) is 46.2 Å². The molecule has 0 saturated heterocycles. The predicted molar refractivity (Wildman–Crippen MR) is 77.1 cm³/mol. The van der Waals surface area contributed by atoms with Gasteiger partial charge in [0.15, 0.2) is 0 Å². The number of phenols is 1. The van der Waals surface area contributed by atoms with Crippen LogP contribution in [0.3, 0.4) is 0 Å². The zero-order valence-corrected chi connectivity index (χ0v) is 11.7. The van der Waals surface area contributed by atoms with Gasteiger partial charge in [0, 0.05) is 5.69 Å². The van der Waals surface area contributed by atoms with Gasteiger partial charge in [-0.1, -0.05) is 0 Å². The van der Waals surface area contributed by atoms with E-state index in [1.54, 1.807) is 6.07 Å². The quantitative estimate of drug-likeness (QED) is 0.451. The van der Waals surface area contributed by atoms with Gasteiger partial charge in [0.1, 0.15) is 10.4 Å². The highest BCUT2D eigenvalue weighted by Gasteiger charge is 2.11. The smallest absolute Gasteiger partial charge is 0.257 e. The van der Waals surface area contributed by atoms with E-state index in [-0.39, 0.29) is 11.3 Å². The molecule has 5 nitrogen and oxygen atoms in total. The summed E-state index contributed by atoms with van der Waals surface area (Å²) < 4.78 is 0.724. The third kappa shape index (κ3) is 3.03. The molecule has 1 heterocycles. The molecule has 1 aromatic heterocycles. The Morgan fingerprint density at radius 1 is 1.42 bits per heavy atom. The van der Waals surface area contributed by atoms with E-state index in [0.717, 1.165) is 10.2 Å². The number of benzene rings is 1. The van der Waals surface area contributed by atoms with Crippen LogP contribution < -0.4 is 11.1 Å². The molecule has 2 rings (SSSR count). The maximum absolute atomic E-state index is 12.0. The number of carbonyl (C=O) groups is 1. The lowest BCUT2D eigenvalue weighted by Crippen LogP contribution is -2.14. The molecule has 1 amide bonds. The molecular weight excluding hydrogens is 310 g/mol. The molecule has 0 unspecified atom stereocenters. The number of nitrogen functional groups attached to an aromatic ring is 1. The summed E-state index contributed by atoms with van der Waals surface area (Å²) in [6.45, 7) is 1.87. The van der Waals surface area contributed by atoms with Crippen LogP contribution in [0.25, 0.3) is 0 Å². The molecule has 1 aromatic carbocycles. The van der Waals surface area contributed by atoms with E-state index in [1.807, 2.05) is 6.92 Å². The van der Waals surface area contributed by atoms with Gasteiger partial charge in [0.25, 0.3) is 5.91 Å². The third-order valence-corrected chi connectivity index (χ3v) is 3.38. The number of nitrogens with two attached hydrogens (primary N) is 1. The summed E-state index contributed by atoms with van der Waals surface area (Å²) in [4.78, 5) is 16.1. The Morgan fingerprint density at radius 2 is 2.16 bits per heavy atom. The summed E-state index contributed by atoms with van der Waals surface area (Å²) in [7, 11) is 0. The summed E-state index contributed by atoms with van der Waals surface area (Å²) in [6, 6.07) is 6.02. The lowest BCUT2D eigenvalue weighted by atomic mass is 10.1. The van der Waals surface area contributed by atoms with Gasteiger partial charge in [0.05, 0.1) is 17.4 Å². The molecule has 0 aliphatic rings. The highest BCUT2D eigenvalue weighted by molar-refractivity contribution is 9.10. The SMILES string of the molecule is Cc1cc(NC(=O)c2cc(O)ccc2N)cnc1Br. The van der Waals surface area contributed by atoms with Crippen LogP contribution in [-0.4, -0.2) is 16.0 Å². The molecule has 4 N–H and O–H groups in total. The van der Waals surface area contributed by atoms with Gasteiger partial charge in [-0.2, -0.15) is 0 Å². The first kappa shape index (κ1) is 13.4. The summed E-state index contributed by atoms with van der Waals surface area (Å²) in [6.07, 6.45) is 1.54. The molecule has 98 valence electrons. The fourth-order valence-electron chi connectivity index (χ4n) is 1.57. The van der Waals surface area contributed by atoms with Gasteiger partial charge < -0.3 is 16.2 Å². The van der Waals surface area contributed by atoms with Gasteiger partial charge in [-0.3, -0.25) is 4.79 Å². The molecular formula is C13H12BrN3O2. The molecule has 0 aliphatic carbocycles. The third-order valence-electron chi connectivity index (χ3n) is 2.55. The predicted octanol–water partition coefficient (Wildman–Crippen LogP) is 2.69. The number of phenolic OH excluding ortho intramolecular Hbond substituents is 1. The van der Waals surface area contributed by atoms with Crippen LogP contribution in [-0.2, 0) is 0 Å². The Labute approximate surface area is 118 Å². The Hall–Kier alpha value is -2.08. The van der Waals surface area contributed by atoms with Crippen molar-refractivity contribution >= 4 is 33.2 Å². The topological polar surface area (TPSA) is 88.2 Å². The molecule has 0 radical (unpaired) electrons. The van der Waals surface area contributed by atoms with Crippen molar-refractivity contribution in [3.63, 3.8) is 0 Å². The van der Waals surface area contributed by atoms with Crippen molar-refractivity contribution in [1.82, 2.24) is 4.98 Å². The minimum absolute atomic E-state index is 0.00976. The molecule has 0 aliphatic heterocycles. The maximum Gasteiger partial charge on any atom is 0.257 e. The van der Waals surface area contributed by atoms with E-state index in [9.17, 15) is 9.90 Å². The number of amides is 1. The standard InChI is InChI=1S/C13H12BrN3O2/c1-7-4-8(6-16-12(7)14)17-13(19)10-5-9(18)2-3-11(10)15/h2-6,18H,15H2,1H3,(H,17,19). The van der Waals surface area contributed by atoms with Crippen molar-refractivity contribution in [2.75, 3.05) is 11.1 Å². The number of nitrogens with one attached hydrogen (secondary N) is 1. The number of carbonyl (C=O) groups excluding carboxylic acids is 1. The Kier molecular flexibility index (Phi) is 3.71. The molecule has 6 heteroatoms. The Morgan fingerprint density at radius 3 is 2.84 bits per heavy atom. The fourth-order valence-corrected chi connectivity index (χ4v) is 1.78. The zero-order valence-electron chi connectivity index (χ0n) is 10.1. The highest BCUT2D eigenvalue weighted by atomic mass is 79.9. The molecule has 0 atom stereocenters. The highest BCUT2D eigenvalue weighted by Crippen LogP contribution is 2.21. The lowest BCUT2D eigenvalue weighted by Gasteiger charge is -2.08. The van der Waals surface area contributed by atoms with E-state index >= 15 is 0 Å². The van der Waals surface area contributed by atoms with E-state index in [4.69, 9.17) is 5.73 Å². The summed E-state index contributed by atoms with van der Waals surface area (Å²) in [5, 5.41) is 12.1. The van der Waals surface area contributed by atoms with E-state index in [0.29, 0.717) is 11.4 Å². The first-order valence-corrected chi connectivity index (χ1v) is 6.28. The second-order valence-corrected chi connectivity index (χ2v) is 4.81. The summed E-state index contributed by atoms with van der Waals surface area (Å²) in [5.74, 6) is -0.401. The molecule has 0 saturated carbocycles. The molecule has 0 bridgehead atoms. The van der Waals surface area contributed by atoms with E-state index < -0.39 is 5.91 Å². The first-order valence-electron chi connectivity index (χ1n) is 5.49. The number of hydrogen-bond acceptors (Lipinski definition) is 4. The lowest BCUT2D eigenvalue weighted by molar-refractivity contribution is 0.102. The Bertz CT molecular complexity index is 644. The van der Waals surface area contributed by atoms with Crippen LogP contribution in [0.1, 0.15) is 15.9 Å². The van der Waals surface area contributed by atoms with Gasteiger partial charge in [0.2, 0.25) is 0 Å². The largest absolute Gasteiger partial charge is 0.508 e. The van der Waals surface area contributed by atoms with Gasteiger partial charge in [-0.15, -0.1) is 0 Å². The number of aryl methyl sites for hydroxylation is 1. The summed E-state index contributed by atoms with van der Waals surface area (Å²) in [5.41, 5.74) is 7.70. The van der Waals surface area contributed by atoms with Crippen LogP contribution in [0.5, 0.6) is 5.75 Å². The number of anilines is 2. The van der Waals surface area contributed by atoms with E-state index in [2.05, 4.69) is 26.2 Å².